The molecule has 22 heavy (non-hydrogen) atoms. The first-order valence-electron chi connectivity index (χ1n) is 8.16. The number of hydrogen-bond acceptors (Lipinski definition) is 3. The summed E-state index contributed by atoms with van der Waals surface area (Å²) in [4.78, 5) is 11.3. The van der Waals surface area contributed by atoms with E-state index in [0.717, 1.165) is 45.2 Å². The number of hydrogen-bond donors (Lipinski definition) is 1. The standard InChI is InChI=1S/C17H28N4O/c1-4-19-17(21-10-7-15(12-21)13-22-3)20-9-6-16-5-8-18-11-14(16)2/h5,8,11,15H,4,6-7,9-10,12-13H2,1-3H3,(H,19,20). The van der Waals surface area contributed by atoms with Crippen LogP contribution in [-0.4, -0.2) is 55.7 Å². The van der Waals surface area contributed by atoms with Gasteiger partial charge < -0.3 is 15.0 Å². The average Bonchev–Trinajstić information content (AvgIpc) is 2.97. The summed E-state index contributed by atoms with van der Waals surface area (Å²) in [6.07, 6.45) is 5.91. The molecule has 1 aliphatic heterocycles. The van der Waals surface area contributed by atoms with Crippen molar-refractivity contribution in [2.24, 2.45) is 10.9 Å². The number of methoxy groups -OCH3 is 1. The van der Waals surface area contributed by atoms with Gasteiger partial charge in [-0.15, -0.1) is 0 Å². The minimum Gasteiger partial charge on any atom is -0.384 e. The fraction of sp³-hybridized carbons (Fsp3) is 0.647. The molecule has 5 nitrogen and oxygen atoms in total. The van der Waals surface area contributed by atoms with Crippen molar-refractivity contribution < 1.29 is 4.74 Å². The van der Waals surface area contributed by atoms with Crippen LogP contribution in [0.25, 0.3) is 0 Å². The first-order chi connectivity index (χ1) is 10.7. The van der Waals surface area contributed by atoms with Crippen LogP contribution in [0.15, 0.2) is 23.5 Å². The third kappa shape index (κ3) is 4.70. The number of likely N-dealkylation sites (tertiary alicyclic amines) is 1. The normalized spacial score (nSPS) is 18.8. The van der Waals surface area contributed by atoms with Crippen molar-refractivity contribution in [3.05, 3.63) is 29.6 Å². The Balaban J connectivity index is 1.92. The number of aliphatic imine (C=N–C) groups is 1. The highest BCUT2D eigenvalue weighted by molar-refractivity contribution is 5.80. The van der Waals surface area contributed by atoms with Crippen LogP contribution in [0.2, 0.25) is 0 Å². The Morgan fingerprint density at radius 2 is 2.41 bits per heavy atom. The van der Waals surface area contributed by atoms with Crippen molar-refractivity contribution in [3.63, 3.8) is 0 Å². The zero-order valence-electron chi connectivity index (χ0n) is 14.0. The van der Waals surface area contributed by atoms with Gasteiger partial charge in [-0.1, -0.05) is 0 Å². The molecule has 0 amide bonds. The summed E-state index contributed by atoms with van der Waals surface area (Å²) in [5.41, 5.74) is 2.57. The van der Waals surface area contributed by atoms with E-state index in [-0.39, 0.29) is 0 Å². The molecule has 122 valence electrons. The Kier molecular flexibility index (Phi) is 6.65. The van der Waals surface area contributed by atoms with Gasteiger partial charge in [0, 0.05) is 51.6 Å². The highest BCUT2D eigenvalue weighted by atomic mass is 16.5. The van der Waals surface area contributed by atoms with Crippen molar-refractivity contribution in [1.29, 1.82) is 0 Å². The van der Waals surface area contributed by atoms with Gasteiger partial charge in [-0.3, -0.25) is 9.98 Å². The SMILES string of the molecule is CCNC(=NCCc1ccncc1C)N1CCC(COC)C1. The molecule has 1 aromatic heterocycles. The number of ether oxygens (including phenoxy) is 1. The number of aromatic nitrogens is 1. The Morgan fingerprint density at radius 1 is 1.55 bits per heavy atom. The van der Waals surface area contributed by atoms with Crippen LogP contribution < -0.4 is 5.32 Å². The van der Waals surface area contributed by atoms with Gasteiger partial charge in [0.05, 0.1) is 6.61 Å². The summed E-state index contributed by atoms with van der Waals surface area (Å²) >= 11 is 0. The van der Waals surface area contributed by atoms with Crippen LogP contribution in [0.3, 0.4) is 0 Å². The van der Waals surface area contributed by atoms with E-state index < -0.39 is 0 Å². The Hall–Kier alpha value is -1.62. The minimum atomic E-state index is 0.622. The number of pyridine rings is 1. The van der Waals surface area contributed by atoms with Crippen molar-refractivity contribution >= 4 is 5.96 Å². The average molecular weight is 304 g/mol. The Morgan fingerprint density at radius 3 is 3.14 bits per heavy atom. The summed E-state index contributed by atoms with van der Waals surface area (Å²) in [5.74, 6) is 1.66. The predicted octanol–water partition coefficient (Wildman–Crippen LogP) is 1.87. The van der Waals surface area contributed by atoms with E-state index in [1.807, 2.05) is 12.4 Å². The van der Waals surface area contributed by atoms with Crippen molar-refractivity contribution in [2.45, 2.75) is 26.7 Å². The molecule has 0 saturated carbocycles. The second-order valence-electron chi connectivity index (χ2n) is 5.84. The lowest BCUT2D eigenvalue weighted by Crippen LogP contribution is -2.40. The third-order valence-corrected chi connectivity index (χ3v) is 4.10. The zero-order valence-corrected chi connectivity index (χ0v) is 14.0. The van der Waals surface area contributed by atoms with Crippen molar-refractivity contribution in [1.82, 2.24) is 15.2 Å². The molecule has 1 unspecified atom stereocenters. The van der Waals surface area contributed by atoms with Crippen LogP contribution in [0, 0.1) is 12.8 Å². The molecule has 1 aromatic rings. The van der Waals surface area contributed by atoms with Crippen LogP contribution >= 0.6 is 0 Å². The number of nitrogens with one attached hydrogen (secondary N) is 1. The Labute approximate surface area is 133 Å². The van der Waals surface area contributed by atoms with Gasteiger partial charge in [0.1, 0.15) is 0 Å². The third-order valence-electron chi connectivity index (χ3n) is 4.10. The van der Waals surface area contributed by atoms with Crippen LogP contribution in [0.4, 0.5) is 0 Å². The van der Waals surface area contributed by atoms with E-state index in [0.29, 0.717) is 5.92 Å². The second kappa shape index (κ2) is 8.73. The topological polar surface area (TPSA) is 49.8 Å². The molecule has 2 rings (SSSR count). The van der Waals surface area contributed by atoms with E-state index in [1.165, 1.54) is 17.5 Å². The molecule has 0 radical (unpaired) electrons. The first-order valence-corrected chi connectivity index (χ1v) is 8.16. The predicted molar refractivity (Wildman–Crippen MR) is 90.2 cm³/mol. The largest absolute Gasteiger partial charge is 0.384 e. The number of guanidine groups is 1. The van der Waals surface area contributed by atoms with Gasteiger partial charge in [-0.2, -0.15) is 0 Å². The maximum Gasteiger partial charge on any atom is 0.193 e. The van der Waals surface area contributed by atoms with Crippen LogP contribution in [-0.2, 0) is 11.2 Å². The lowest BCUT2D eigenvalue weighted by atomic mass is 10.1. The molecular weight excluding hydrogens is 276 g/mol. The van der Waals surface area contributed by atoms with Crippen molar-refractivity contribution in [3.8, 4) is 0 Å². The molecule has 1 N–H and O–H groups in total. The second-order valence-corrected chi connectivity index (χ2v) is 5.84. The van der Waals surface area contributed by atoms with Crippen LogP contribution in [0.5, 0.6) is 0 Å². The zero-order chi connectivity index (χ0) is 15.8. The smallest absolute Gasteiger partial charge is 0.193 e. The first kappa shape index (κ1) is 16.7. The molecule has 2 heterocycles. The lowest BCUT2D eigenvalue weighted by Gasteiger charge is -2.21. The minimum absolute atomic E-state index is 0.622. The molecular formula is C17H28N4O. The fourth-order valence-corrected chi connectivity index (χ4v) is 2.89. The molecule has 0 aromatic carbocycles. The van der Waals surface area contributed by atoms with E-state index >= 15 is 0 Å². The maximum atomic E-state index is 5.27. The van der Waals surface area contributed by atoms with E-state index in [4.69, 9.17) is 9.73 Å². The summed E-state index contributed by atoms with van der Waals surface area (Å²) in [5, 5.41) is 3.41. The molecule has 1 atom stereocenters. The maximum absolute atomic E-state index is 5.27. The molecule has 1 fully saturated rings. The number of rotatable bonds is 6. The lowest BCUT2D eigenvalue weighted by molar-refractivity contribution is 0.157. The fourth-order valence-electron chi connectivity index (χ4n) is 2.89. The van der Waals surface area contributed by atoms with Gasteiger partial charge in [0.15, 0.2) is 5.96 Å². The summed E-state index contributed by atoms with van der Waals surface area (Å²) in [7, 11) is 1.78. The quantitative estimate of drug-likeness (QED) is 0.644. The number of aryl methyl sites for hydroxylation is 1. The van der Waals surface area contributed by atoms with Gasteiger partial charge in [0.2, 0.25) is 0 Å². The van der Waals surface area contributed by atoms with E-state index in [1.54, 1.807) is 7.11 Å². The molecule has 5 heteroatoms. The molecule has 0 bridgehead atoms. The molecule has 0 spiro atoms. The highest BCUT2D eigenvalue weighted by Crippen LogP contribution is 2.16. The van der Waals surface area contributed by atoms with Crippen LogP contribution in [0.1, 0.15) is 24.5 Å². The van der Waals surface area contributed by atoms with Gasteiger partial charge >= 0.3 is 0 Å². The van der Waals surface area contributed by atoms with Gasteiger partial charge in [0.25, 0.3) is 0 Å². The molecule has 0 aliphatic carbocycles. The van der Waals surface area contributed by atoms with Crippen molar-refractivity contribution in [2.75, 3.05) is 39.9 Å². The van der Waals surface area contributed by atoms with E-state index in [2.05, 4.69) is 35.1 Å². The summed E-state index contributed by atoms with van der Waals surface area (Å²) in [6.45, 7) is 8.86. The Bertz CT molecular complexity index is 489. The van der Waals surface area contributed by atoms with Gasteiger partial charge in [-0.25, -0.2) is 0 Å². The summed E-state index contributed by atoms with van der Waals surface area (Å²) < 4.78 is 5.27. The summed E-state index contributed by atoms with van der Waals surface area (Å²) in [6, 6.07) is 2.09. The van der Waals surface area contributed by atoms with Gasteiger partial charge in [-0.05, 0) is 43.9 Å². The molecule has 1 saturated heterocycles. The highest BCUT2D eigenvalue weighted by Gasteiger charge is 2.24. The molecule has 1 aliphatic rings. The monoisotopic (exact) mass is 304 g/mol. The van der Waals surface area contributed by atoms with E-state index in [9.17, 15) is 0 Å². The number of nitrogens with zero attached hydrogens (tertiary/aromatic N) is 3.